The highest BCUT2D eigenvalue weighted by atomic mass is 16.4. The smallest absolute Gasteiger partial charge is 0.186 e. The van der Waals surface area contributed by atoms with Crippen molar-refractivity contribution in [3.05, 3.63) is 60.2 Å². The van der Waals surface area contributed by atoms with Gasteiger partial charge >= 0.3 is 0 Å². The molecule has 17 heavy (non-hydrogen) atoms. The fraction of sp³-hybridized carbons (Fsp3) is 0. The Bertz CT molecular complexity index is 565. The second-order valence-electron chi connectivity index (χ2n) is 3.50. The van der Waals surface area contributed by atoms with E-state index in [1.54, 1.807) is 12.1 Å². The zero-order valence-electron chi connectivity index (χ0n) is 9.04. The van der Waals surface area contributed by atoms with Crippen molar-refractivity contribution in [1.82, 2.24) is 0 Å². The molecule has 0 aliphatic rings. The molecule has 0 fully saturated rings. The van der Waals surface area contributed by atoms with Crippen LogP contribution in [0.1, 0.15) is 5.56 Å². The van der Waals surface area contributed by atoms with E-state index in [-0.39, 0.29) is 5.71 Å². The largest absolute Gasteiger partial charge is 0.410 e. The second kappa shape index (κ2) is 4.95. The summed E-state index contributed by atoms with van der Waals surface area (Å²) in [5, 5.41) is 20.3. The molecule has 0 amide bonds. The van der Waals surface area contributed by atoms with E-state index in [1.807, 2.05) is 48.5 Å². The monoisotopic (exact) mass is 222 g/mol. The van der Waals surface area contributed by atoms with Gasteiger partial charge in [0.2, 0.25) is 0 Å². The Morgan fingerprint density at radius 3 is 2.06 bits per heavy atom. The molecular formula is C14H10N2O. The van der Waals surface area contributed by atoms with E-state index >= 15 is 0 Å². The predicted octanol–water partition coefficient (Wildman–Crippen LogP) is 3.06. The van der Waals surface area contributed by atoms with Gasteiger partial charge in [-0.2, -0.15) is 5.26 Å². The Morgan fingerprint density at radius 1 is 0.941 bits per heavy atom. The number of hydrogen-bond acceptors (Lipinski definition) is 3. The van der Waals surface area contributed by atoms with Crippen LogP contribution in [-0.2, 0) is 0 Å². The zero-order valence-corrected chi connectivity index (χ0v) is 9.04. The molecule has 0 saturated carbocycles. The van der Waals surface area contributed by atoms with E-state index in [9.17, 15) is 0 Å². The average molecular weight is 222 g/mol. The number of nitrogens with zero attached hydrogens (tertiary/aromatic N) is 2. The first-order valence-corrected chi connectivity index (χ1v) is 5.13. The lowest BCUT2D eigenvalue weighted by atomic mass is 10.0. The van der Waals surface area contributed by atoms with Gasteiger partial charge in [0.05, 0.1) is 0 Å². The highest BCUT2D eigenvalue weighted by Crippen LogP contribution is 2.19. The molecule has 0 aliphatic carbocycles. The van der Waals surface area contributed by atoms with Crippen molar-refractivity contribution < 1.29 is 5.21 Å². The summed E-state index contributed by atoms with van der Waals surface area (Å²) in [4.78, 5) is 0. The Morgan fingerprint density at radius 2 is 1.53 bits per heavy atom. The summed E-state index contributed by atoms with van der Waals surface area (Å²) >= 11 is 0. The first-order valence-electron chi connectivity index (χ1n) is 5.13. The van der Waals surface area contributed by atoms with Crippen molar-refractivity contribution in [3.8, 4) is 17.2 Å². The van der Waals surface area contributed by atoms with Gasteiger partial charge in [0.15, 0.2) is 5.71 Å². The summed E-state index contributed by atoms with van der Waals surface area (Å²) in [7, 11) is 0. The van der Waals surface area contributed by atoms with E-state index in [0.29, 0.717) is 5.56 Å². The summed E-state index contributed by atoms with van der Waals surface area (Å²) in [6.45, 7) is 0. The van der Waals surface area contributed by atoms with Crippen LogP contribution in [0.15, 0.2) is 59.8 Å². The summed E-state index contributed by atoms with van der Waals surface area (Å²) in [6.07, 6.45) is 0. The summed E-state index contributed by atoms with van der Waals surface area (Å²) in [5.41, 5.74) is 2.79. The van der Waals surface area contributed by atoms with E-state index in [1.165, 1.54) is 0 Å². The van der Waals surface area contributed by atoms with Gasteiger partial charge in [-0.1, -0.05) is 59.8 Å². The molecule has 1 N–H and O–H groups in total. The molecule has 2 rings (SSSR count). The minimum absolute atomic E-state index is 0.0182. The number of hydrogen-bond donors (Lipinski definition) is 1. The van der Waals surface area contributed by atoms with Crippen LogP contribution in [0.2, 0.25) is 0 Å². The van der Waals surface area contributed by atoms with E-state index in [0.717, 1.165) is 11.1 Å². The Hall–Kier alpha value is -2.60. The lowest BCUT2D eigenvalue weighted by Gasteiger charge is -2.02. The zero-order chi connectivity index (χ0) is 12.1. The fourth-order valence-corrected chi connectivity index (χ4v) is 1.60. The van der Waals surface area contributed by atoms with Crippen LogP contribution in [0.4, 0.5) is 0 Å². The molecule has 0 heterocycles. The van der Waals surface area contributed by atoms with Crippen molar-refractivity contribution >= 4 is 5.71 Å². The lowest BCUT2D eigenvalue weighted by molar-refractivity contribution is 0.320. The van der Waals surface area contributed by atoms with Crippen molar-refractivity contribution in [3.63, 3.8) is 0 Å². The highest BCUT2D eigenvalue weighted by molar-refractivity contribution is 6.11. The van der Waals surface area contributed by atoms with Gasteiger partial charge in [0.1, 0.15) is 6.07 Å². The minimum atomic E-state index is 0.0182. The molecule has 0 aliphatic heterocycles. The molecule has 0 atom stereocenters. The number of oxime groups is 1. The highest BCUT2D eigenvalue weighted by Gasteiger charge is 2.03. The third kappa shape index (κ3) is 2.32. The lowest BCUT2D eigenvalue weighted by Crippen LogP contribution is -1.96. The van der Waals surface area contributed by atoms with Gasteiger partial charge in [-0.3, -0.25) is 0 Å². The van der Waals surface area contributed by atoms with Crippen LogP contribution in [0.5, 0.6) is 0 Å². The second-order valence-corrected chi connectivity index (χ2v) is 3.50. The summed E-state index contributed by atoms with van der Waals surface area (Å²) in [6, 6.07) is 19.1. The van der Waals surface area contributed by atoms with Crippen molar-refractivity contribution in [2.75, 3.05) is 0 Å². The molecule has 0 bridgehead atoms. The van der Waals surface area contributed by atoms with Crippen molar-refractivity contribution in [2.24, 2.45) is 5.16 Å². The van der Waals surface area contributed by atoms with E-state index in [2.05, 4.69) is 5.16 Å². The van der Waals surface area contributed by atoms with Crippen LogP contribution in [0, 0.1) is 11.3 Å². The maximum absolute atomic E-state index is 8.73. The summed E-state index contributed by atoms with van der Waals surface area (Å²) in [5.74, 6) is 0. The molecule has 2 aromatic carbocycles. The molecule has 0 spiro atoms. The molecule has 0 saturated heterocycles. The predicted molar refractivity (Wildman–Crippen MR) is 65.8 cm³/mol. The van der Waals surface area contributed by atoms with Gasteiger partial charge in [-0.15, -0.1) is 0 Å². The third-order valence-electron chi connectivity index (χ3n) is 2.47. The van der Waals surface area contributed by atoms with Gasteiger partial charge in [-0.25, -0.2) is 0 Å². The molecule has 3 nitrogen and oxygen atoms in total. The van der Waals surface area contributed by atoms with Crippen LogP contribution < -0.4 is 0 Å². The Kier molecular flexibility index (Phi) is 3.18. The molecule has 3 heteroatoms. The molecule has 2 aromatic rings. The number of nitriles is 1. The third-order valence-corrected chi connectivity index (χ3v) is 2.47. The average Bonchev–Trinajstić information content (AvgIpc) is 2.42. The normalized spacial score (nSPS) is 10.9. The van der Waals surface area contributed by atoms with Crippen molar-refractivity contribution in [2.45, 2.75) is 0 Å². The maximum Gasteiger partial charge on any atom is 0.186 e. The van der Waals surface area contributed by atoms with Gasteiger partial charge in [0.25, 0.3) is 0 Å². The number of rotatable bonds is 2. The number of benzene rings is 2. The maximum atomic E-state index is 8.73. The van der Waals surface area contributed by atoms with E-state index < -0.39 is 0 Å². The fourth-order valence-electron chi connectivity index (χ4n) is 1.60. The molecule has 0 unspecified atom stereocenters. The molecular weight excluding hydrogens is 212 g/mol. The van der Waals surface area contributed by atoms with E-state index in [4.69, 9.17) is 10.5 Å². The standard InChI is InChI=1S/C14H10N2O/c15-10-14(16-17)13-8-6-12(7-9-13)11-4-2-1-3-5-11/h1-9,17H/b16-14-. The molecule has 82 valence electrons. The quantitative estimate of drug-likeness (QED) is 0.482. The molecule has 0 aromatic heterocycles. The Balaban J connectivity index is 2.35. The molecule has 0 radical (unpaired) electrons. The van der Waals surface area contributed by atoms with Crippen LogP contribution >= 0.6 is 0 Å². The topological polar surface area (TPSA) is 56.4 Å². The van der Waals surface area contributed by atoms with Gasteiger partial charge in [-0.05, 0) is 11.1 Å². The van der Waals surface area contributed by atoms with Crippen LogP contribution in [0.3, 0.4) is 0 Å². The SMILES string of the molecule is N#C/C(=N/O)c1ccc(-c2ccccc2)cc1. The Labute approximate surface area is 99.3 Å². The van der Waals surface area contributed by atoms with Gasteiger partial charge in [0, 0.05) is 5.56 Å². The van der Waals surface area contributed by atoms with Gasteiger partial charge < -0.3 is 5.21 Å². The minimum Gasteiger partial charge on any atom is -0.410 e. The van der Waals surface area contributed by atoms with Crippen LogP contribution in [0.25, 0.3) is 11.1 Å². The van der Waals surface area contributed by atoms with Crippen molar-refractivity contribution in [1.29, 1.82) is 5.26 Å². The first-order chi connectivity index (χ1) is 8.35. The first kappa shape index (κ1) is 10.9. The summed E-state index contributed by atoms with van der Waals surface area (Å²) < 4.78 is 0. The van der Waals surface area contributed by atoms with Crippen LogP contribution in [-0.4, -0.2) is 10.9 Å².